The zero-order valence-electron chi connectivity index (χ0n) is 14.5. The van der Waals surface area contributed by atoms with Crippen LogP contribution in [0, 0.1) is 0 Å². The number of hydrogen-bond donors (Lipinski definition) is 1. The monoisotopic (exact) mass is 411 g/mol. The van der Waals surface area contributed by atoms with Crippen molar-refractivity contribution in [2.24, 2.45) is 0 Å². The van der Waals surface area contributed by atoms with Crippen LogP contribution in [0.2, 0.25) is 0 Å². The van der Waals surface area contributed by atoms with Crippen LogP contribution in [-0.4, -0.2) is 37.8 Å². The van der Waals surface area contributed by atoms with Crippen LogP contribution >= 0.6 is 0 Å². The van der Waals surface area contributed by atoms with Gasteiger partial charge in [-0.05, 0) is 24.3 Å². The molecule has 4 aromatic rings. The van der Waals surface area contributed by atoms with Crippen molar-refractivity contribution in [3.05, 3.63) is 47.5 Å². The number of ether oxygens (including phenoxy) is 1. The Kier molecular flexibility index (Phi) is 4.21. The lowest BCUT2D eigenvalue weighted by Crippen LogP contribution is -2.10. The lowest BCUT2D eigenvalue weighted by molar-refractivity contribution is -0.141. The molecule has 0 bridgehead atoms. The summed E-state index contributed by atoms with van der Waals surface area (Å²) in [5.74, 6) is -1.60. The van der Waals surface area contributed by atoms with E-state index in [1.54, 1.807) is 0 Å². The molecule has 12 heteroatoms. The van der Waals surface area contributed by atoms with Crippen LogP contribution in [0.1, 0.15) is 28.3 Å². The number of nitrogens with zero attached hydrogens (tertiary/aromatic N) is 4. The summed E-state index contributed by atoms with van der Waals surface area (Å²) in [7, 11) is 1.13. The zero-order valence-corrected chi connectivity index (χ0v) is 14.5. The summed E-state index contributed by atoms with van der Waals surface area (Å²) >= 11 is 0. The number of imidazole rings is 1. The molecule has 150 valence electrons. The molecule has 1 aromatic carbocycles. The Morgan fingerprint density at radius 3 is 2.62 bits per heavy atom. The molecule has 0 saturated heterocycles. The van der Waals surface area contributed by atoms with Gasteiger partial charge in [0.05, 0.1) is 30.1 Å². The van der Waals surface area contributed by atoms with Gasteiger partial charge in [-0.3, -0.25) is 9.67 Å². The number of aromatic amines is 1. The first-order valence-corrected chi connectivity index (χ1v) is 8.01. The van der Waals surface area contributed by atoms with E-state index in [0.717, 1.165) is 17.7 Å². The lowest BCUT2D eigenvalue weighted by atomic mass is 10.1. The molecule has 0 aliphatic heterocycles. The number of alkyl halides is 5. The Balaban J connectivity index is 2.06. The van der Waals surface area contributed by atoms with Gasteiger partial charge in [0.1, 0.15) is 11.2 Å². The Morgan fingerprint density at radius 2 is 1.97 bits per heavy atom. The maximum atomic E-state index is 13.6. The number of nitrogens with one attached hydrogen (secondary N) is 1. The van der Waals surface area contributed by atoms with Crippen molar-refractivity contribution in [1.29, 1.82) is 0 Å². The van der Waals surface area contributed by atoms with E-state index in [1.165, 1.54) is 18.3 Å². The van der Waals surface area contributed by atoms with E-state index < -0.39 is 35.7 Å². The molecular weight excluding hydrogens is 401 g/mol. The summed E-state index contributed by atoms with van der Waals surface area (Å²) in [4.78, 5) is 19.3. The minimum Gasteiger partial charge on any atom is -0.465 e. The number of aromatic nitrogens is 5. The zero-order chi connectivity index (χ0) is 20.9. The number of fused-ring (bicyclic) bond motifs is 2. The molecule has 7 nitrogen and oxygen atoms in total. The minimum atomic E-state index is -4.78. The molecule has 0 atom stereocenters. The van der Waals surface area contributed by atoms with Crippen LogP contribution in [0.3, 0.4) is 0 Å². The van der Waals surface area contributed by atoms with Crippen LogP contribution < -0.4 is 0 Å². The van der Waals surface area contributed by atoms with Gasteiger partial charge < -0.3 is 4.74 Å². The highest BCUT2D eigenvalue weighted by Crippen LogP contribution is 2.33. The summed E-state index contributed by atoms with van der Waals surface area (Å²) in [5.41, 5.74) is -1.62. The van der Waals surface area contributed by atoms with E-state index in [9.17, 15) is 26.7 Å². The highest BCUT2D eigenvalue weighted by Gasteiger charge is 2.34. The lowest BCUT2D eigenvalue weighted by Gasteiger charge is -2.11. The number of pyridine rings is 1. The van der Waals surface area contributed by atoms with Gasteiger partial charge in [0.2, 0.25) is 0 Å². The predicted molar refractivity (Wildman–Crippen MR) is 89.8 cm³/mol. The summed E-state index contributed by atoms with van der Waals surface area (Å²) in [5, 5.41) is 6.75. The number of carbonyl (C=O) groups excluding carboxylic acids is 1. The number of rotatable bonds is 3. The number of halogens is 5. The van der Waals surface area contributed by atoms with Crippen molar-refractivity contribution < 1.29 is 31.5 Å². The minimum absolute atomic E-state index is 0.0356. The van der Waals surface area contributed by atoms with Crippen LogP contribution in [0.15, 0.2) is 30.5 Å². The van der Waals surface area contributed by atoms with E-state index in [2.05, 4.69) is 20.2 Å². The number of esters is 1. The second-order valence-corrected chi connectivity index (χ2v) is 5.96. The smallest absolute Gasteiger partial charge is 0.433 e. The van der Waals surface area contributed by atoms with Crippen LogP contribution in [0.25, 0.3) is 27.8 Å². The van der Waals surface area contributed by atoms with Gasteiger partial charge in [0.15, 0.2) is 11.5 Å². The first-order valence-electron chi connectivity index (χ1n) is 8.01. The average Bonchev–Trinajstić information content (AvgIpc) is 3.29. The molecule has 3 aromatic heterocycles. The van der Waals surface area contributed by atoms with Gasteiger partial charge in [0.25, 0.3) is 6.43 Å². The Bertz CT molecular complexity index is 1240. The fourth-order valence-corrected chi connectivity index (χ4v) is 2.98. The third-order valence-corrected chi connectivity index (χ3v) is 4.21. The summed E-state index contributed by atoms with van der Waals surface area (Å²) in [6.07, 6.45) is -6.55. The maximum absolute atomic E-state index is 13.6. The van der Waals surface area contributed by atoms with Gasteiger partial charge in [0, 0.05) is 5.39 Å². The topological polar surface area (TPSA) is 85.7 Å². The summed E-state index contributed by atoms with van der Waals surface area (Å²) < 4.78 is 72.0. The summed E-state index contributed by atoms with van der Waals surface area (Å²) in [6, 6.07) is 4.20. The molecule has 4 rings (SSSR count). The van der Waals surface area contributed by atoms with E-state index in [-0.39, 0.29) is 22.3 Å². The van der Waals surface area contributed by atoms with Gasteiger partial charge in [-0.1, -0.05) is 0 Å². The molecule has 0 aliphatic rings. The van der Waals surface area contributed by atoms with Crippen LogP contribution in [0.4, 0.5) is 22.0 Å². The Hall–Kier alpha value is -3.57. The molecule has 0 aliphatic carbocycles. The third-order valence-electron chi connectivity index (χ3n) is 4.21. The SMILES string of the molecule is COC(=O)c1cc(-n2c(C(F)F)nc3ccc(C(F)(F)F)nc32)cc2cn[nH]c12. The Labute approximate surface area is 158 Å². The van der Waals surface area contributed by atoms with Crippen molar-refractivity contribution in [3.8, 4) is 5.69 Å². The molecule has 0 saturated carbocycles. The molecule has 1 N–H and O–H groups in total. The normalized spacial score (nSPS) is 12.2. The number of carbonyl (C=O) groups is 1. The van der Waals surface area contributed by atoms with Crippen molar-refractivity contribution in [1.82, 2.24) is 24.7 Å². The van der Waals surface area contributed by atoms with Crippen molar-refractivity contribution in [2.75, 3.05) is 7.11 Å². The molecule has 0 unspecified atom stereocenters. The standard InChI is InChI=1S/C17H10F5N5O2/c1-29-16(28)9-5-8(4-7-6-23-26-12(7)9)27-14-10(24-15(27)13(18)19)2-3-11(25-14)17(20,21)22/h2-6,13H,1H3,(H,23,26). The van der Waals surface area contributed by atoms with E-state index in [1.807, 2.05) is 0 Å². The maximum Gasteiger partial charge on any atom is 0.433 e. The molecule has 0 spiro atoms. The molecule has 3 heterocycles. The second-order valence-electron chi connectivity index (χ2n) is 5.96. The highest BCUT2D eigenvalue weighted by atomic mass is 19.4. The van der Waals surface area contributed by atoms with Crippen molar-refractivity contribution in [3.63, 3.8) is 0 Å². The Morgan fingerprint density at radius 1 is 1.21 bits per heavy atom. The van der Waals surface area contributed by atoms with Gasteiger partial charge in [-0.15, -0.1) is 0 Å². The fourth-order valence-electron chi connectivity index (χ4n) is 2.98. The molecule has 0 amide bonds. The quantitative estimate of drug-likeness (QED) is 0.406. The molecule has 0 fully saturated rings. The molecular formula is C17H10F5N5O2. The molecule has 0 radical (unpaired) electrons. The number of hydrogen-bond acceptors (Lipinski definition) is 5. The van der Waals surface area contributed by atoms with E-state index in [0.29, 0.717) is 11.5 Å². The van der Waals surface area contributed by atoms with Crippen LogP contribution in [0.5, 0.6) is 0 Å². The second kappa shape index (κ2) is 6.50. The highest BCUT2D eigenvalue weighted by molar-refractivity contribution is 6.03. The van der Waals surface area contributed by atoms with E-state index >= 15 is 0 Å². The third kappa shape index (κ3) is 3.05. The molecule has 29 heavy (non-hydrogen) atoms. The number of H-pyrrole nitrogens is 1. The van der Waals surface area contributed by atoms with Crippen molar-refractivity contribution in [2.45, 2.75) is 12.6 Å². The van der Waals surface area contributed by atoms with E-state index in [4.69, 9.17) is 4.74 Å². The fraction of sp³-hybridized carbons (Fsp3) is 0.176. The van der Waals surface area contributed by atoms with Gasteiger partial charge >= 0.3 is 12.1 Å². The predicted octanol–water partition coefficient (Wildman–Crippen LogP) is 4.04. The summed E-state index contributed by atoms with van der Waals surface area (Å²) in [6.45, 7) is 0. The average molecular weight is 411 g/mol. The van der Waals surface area contributed by atoms with Crippen molar-refractivity contribution >= 4 is 28.0 Å². The first-order chi connectivity index (χ1) is 13.7. The number of benzene rings is 1. The van der Waals surface area contributed by atoms with Gasteiger partial charge in [-0.2, -0.15) is 18.3 Å². The van der Waals surface area contributed by atoms with Crippen LogP contribution in [-0.2, 0) is 10.9 Å². The first kappa shape index (κ1) is 18.8. The van der Waals surface area contributed by atoms with Gasteiger partial charge in [-0.25, -0.2) is 23.5 Å². The number of methoxy groups -OCH3 is 1. The largest absolute Gasteiger partial charge is 0.465 e.